The fourth-order valence-corrected chi connectivity index (χ4v) is 2.35. The van der Waals surface area contributed by atoms with Crippen molar-refractivity contribution in [2.24, 2.45) is 11.7 Å². The normalized spacial score (nSPS) is 17.9. The van der Waals surface area contributed by atoms with Crippen LogP contribution < -0.4 is 11.1 Å². The van der Waals surface area contributed by atoms with E-state index in [9.17, 15) is 0 Å². The van der Waals surface area contributed by atoms with E-state index in [2.05, 4.69) is 29.6 Å². The first-order chi connectivity index (χ1) is 7.40. The summed E-state index contributed by atoms with van der Waals surface area (Å²) in [5.74, 6) is 0.846. The SMILES string of the molecule is NCc1ccccc1CC1CCNCC1. The Labute approximate surface area is 91.9 Å². The number of rotatable bonds is 3. The number of piperidine rings is 1. The van der Waals surface area contributed by atoms with Crippen molar-refractivity contribution in [3.05, 3.63) is 35.4 Å². The Balaban J connectivity index is 2.02. The second kappa shape index (κ2) is 5.29. The van der Waals surface area contributed by atoms with Gasteiger partial charge in [0.1, 0.15) is 0 Å². The maximum absolute atomic E-state index is 5.74. The maximum Gasteiger partial charge on any atom is 0.0180 e. The van der Waals surface area contributed by atoms with Crippen LogP contribution in [0.2, 0.25) is 0 Å². The molecule has 0 bridgehead atoms. The van der Waals surface area contributed by atoms with E-state index in [1.807, 2.05) is 0 Å². The van der Waals surface area contributed by atoms with Crippen molar-refractivity contribution < 1.29 is 0 Å². The highest BCUT2D eigenvalue weighted by atomic mass is 14.9. The van der Waals surface area contributed by atoms with Crippen LogP contribution >= 0.6 is 0 Å². The smallest absolute Gasteiger partial charge is 0.0180 e. The Morgan fingerprint density at radius 1 is 1.13 bits per heavy atom. The molecule has 0 amide bonds. The summed E-state index contributed by atoms with van der Waals surface area (Å²) in [6, 6.07) is 8.57. The van der Waals surface area contributed by atoms with Gasteiger partial charge in [-0.25, -0.2) is 0 Å². The van der Waals surface area contributed by atoms with Gasteiger partial charge in [0.2, 0.25) is 0 Å². The molecule has 2 heteroatoms. The van der Waals surface area contributed by atoms with Crippen molar-refractivity contribution >= 4 is 0 Å². The van der Waals surface area contributed by atoms with Crippen molar-refractivity contribution in [3.8, 4) is 0 Å². The lowest BCUT2D eigenvalue weighted by molar-refractivity contribution is 0.372. The van der Waals surface area contributed by atoms with Gasteiger partial charge in [-0.3, -0.25) is 0 Å². The summed E-state index contributed by atoms with van der Waals surface area (Å²) in [4.78, 5) is 0. The molecule has 1 aliphatic rings. The van der Waals surface area contributed by atoms with Gasteiger partial charge >= 0.3 is 0 Å². The average molecular weight is 204 g/mol. The van der Waals surface area contributed by atoms with Crippen molar-refractivity contribution in [2.75, 3.05) is 13.1 Å². The van der Waals surface area contributed by atoms with E-state index in [-0.39, 0.29) is 0 Å². The Morgan fingerprint density at radius 2 is 1.80 bits per heavy atom. The van der Waals surface area contributed by atoms with E-state index >= 15 is 0 Å². The lowest BCUT2D eigenvalue weighted by atomic mass is 9.89. The van der Waals surface area contributed by atoms with Gasteiger partial charge in [0.05, 0.1) is 0 Å². The van der Waals surface area contributed by atoms with E-state index in [4.69, 9.17) is 5.73 Å². The largest absolute Gasteiger partial charge is 0.326 e. The summed E-state index contributed by atoms with van der Waals surface area (Å²) in [6.45, 7) is 3.02. The average Bonchev–Trinajstić information content (AvgIpc) is 2.31. The summed E-state index contributed by atoms with van der Waals surface area (Å²) < 4.78 is 0. The maximum atomic E-state index is 5.74. The molecular weight excluding hydrogens is 184 g/mol. The lowest BCUT2D eigenvalue weighted by Crippen LogP contribution is -2.28. The van der Waals surface area contributed by atoms with Gasteiger partial charge in [0.15, 0.2) is 0 Å². The van der Waals surface area contributed by atoms with Gasteiger partial charge < -0.3 is 11.1 Å². The Hall–Kier alpha value is -0.860. The van der Waals surface area contributed by atoms with Gasteiger partial charge in [-0.15, -0.1) is 0 Å². The highest BCUT2D eigenvalue weighted by Crippen LogP contribution is 2.20. The molecule has 2 rings (SSSR count). The molecule has 0 spiro atoms. The monoisotopic (exact) mass is 204 g/mol. The fraction of sp³-hybridized carbons (Fsp3) is 0.538. The van der Waals surface area contributed by atoms with Gasteiger partial charge in [0, 0.05) is 6.54 Å². The third kappa shape index (κ3) is 2.80. The number of benzene rings is 1. The minimum atomic E-state index is 0.668. The van der Waals surface area contributed by atoms with Crippen LogP contribution in [0.4, 0.5) is 0 Å². The third-order valence-electron chi connectivity index (χ3n) is 3.31. The zero-order valence-electron chi connectivity index (χ0n) is 9.21. The Morgan fingerprint density at radius 3 is 2.47 bits per heavy atom. The second-order valence-electron chi connectivity index (χ2n) is 4.37. The van der Waals surface area contributed by atoms with Crippen molar-refractivity contribution in [1.29, 1.82) is 0 Å². The van der Waals surface area contributed by atoms with Crippen molar-refractivity contribution in [2.45, 2.75) is 25.8 Å². The van der Waals surface area contributed by atoms with Crippen molar-refractivity contribution in [1.82, 2.24) is 5.32 Å². The molecule has 15 heavy (non-hydrogen) atoms. The summed E-state index contributed by atoms with van der Waals surface area (Å²) in [7, 11) is 0. The van der Waals surface area contributed by atoms with Gasteiger partial charge in [-0.1, -0.05) is 24.3 Å². The van der Waals surface area contributed by atoms with E-state index in [0.29, 0.717) is 6.54 Å². The molecule has 0 aromatic heterocycles. The summed E-state index contributed by atoms with van der Waals surface area (Å²) in [5, 5.41) is 3.40. The molecule has 1 heterocycles. The molecule has 0 unspecified atom stereocenters. The summed E-state index contributed by atoms with van der Waals surface area (Å²) >= 11 is 0. The zero-order valence-corrected chi connectivity index (χ0v) is 9.21. The molecule has 1 aliphatic heterocycles. The molecule has 1 fully saturated rings. The molecule has 1 aromatic rings. The van der Waals surface area contributed by atoms with E-state index in [1.165, 1.54) is 43.5 Å². The molecule has 0 aliphatic carbocycles. The molecule has 0 atom stereocenters. The van der Waals surface area contributed by atoms with Crippen molar-refractivity contribution in [3.63, 3.8) is 0 Å². The van der Waals surface area contributed by atoms with Crippen LogP contribution in [0.3, 0.4) is 0 Å². The standard InChI is InChI=1S/C13H20N2/c14-10-13-4-2-1-3-12(13)9-11-5-7-15-8-6-11/h1-4,11,15H,5-10,14H2. The summed E-state index contributed by atoms with van der Waals surface area (Å²) in [6.07, 6.45) is 3.81. The van der Waals surface area contributed by atoms with E-state index in [1.54, 1.807) is 0 Å². The molecule has 82 valence electrons. The molecule has 0 saturated carbocycles. The first kappa shape index (κ1) is 10.7. The molecule has 1 saturated heterocycles. The van der Waals surface area contributed by atoms with Crippen LogP contribution in [0.5, 0.6) is 0 Å². The predicted octanol–water partition coefficient (Wildman–Crippen LogP) is 1.69. The lowest BCUT2D eigenvalue weighted by Gasteiger charge is -2.23. The fourth-order valence-electron chi connectivity index (χ4n) is 2.35. The van der Waals surface area contributed by atoms with Crippen LogP contribution in [-0.4, -0.2) is 13.1 Å². The van der Waals surface area contributed by atoms with Crippen LogP contribution in [0, 0.1) is 5.92 Å². The Kier molecular flexibility index (Phi) is 3.75. The second-order valence-corrected chi connectivity index (χ2v) is 4.37. The minimum absolute atomic E-state index is 0.668. The summed E-state index contributed by atoms with van der Waals surface area (Å²) in [5.41, 5.74) is 8.51. The van der Waals surface area contributed by atoms with E-state index < -0.39 is 0 Å². The Bertz CT molecular complexity index is 303. The number of nitrogens with one attached hydrogen (secondary N) is 1. The topological polar surface area (TPSA) is 38.0 Å². The molecule has 0 radical (unpaired) electrons. The van der Waals surface area contributed by atoms with Crippen LogP contribution in [0.15, 0.2) is 24.3 Å². The van der Waals surface area contributed by atoms with Crippen LogP contribution in [-0.2, 0) is 13.0 Å². The molecule has 2 nitrogen and oxygen atoms in total. The predicted molar refractivity (Wildman–Crippen MR) is 63.6 cm³/mol. The van der Waals surface area contributed by atoms with Crippen LogP contribution in [0.1, 0.15) is 24.0 Å². The molecule has 3 N–H and O–H groups in total. The number of nitrogens with two attached hydrogens (primary N) is 1. The number of hydrogen-bond donors (Lipinski definition) is 2. The highest BCUT2D eigenvalue weighted by Gasteiger charge is 2.14. The molecular formula is C13H20N2. The quantitative estimate of drug-likeness (QED) is 0.786. The van der Waals surface area contributed by atoms with Gasteiger partial charge in [-0.05, 0) is 49.4 Å². The molecule has 1 aromatic carbocycles. The third-order valence-corrected chi connectivity index (χ3v) is 3.31. The van der Waals surface area contributed by atoms with Crippen LogP contribution in [0.25, 0.3) is 0 Å². The van der Waals surface area contributed by atoms with Gasteiger partial charge in [-0.2, -0.15) is 0 Å². The zero-order chi connectivity index (χ0) is 10.5. The highest BCUT2D eigenvalue weighted by molar-refractivity contribution is 5.27. The van der Waals surface area contributed by atoms with Gasteiger partial charge in [0.25, 0.3) is 0 Å². The van der Waals surface area contributed by atoms with E-state index in [0.717, 1.165) is 5.92 Å². The first-order valence-electron chi connectivity index (χ1n) is 5.87. The first-order valence-corrected chi connectivity index (χ1v) is 5.87. The number of hydrogen-bond acceptors (Lipinski definition) is 2. The minimum Gasteiger partial charge on any atom is -0.326 e.